The standard InChI is InChI=1S/C30H30FN5O5/c1-3-12-41-24-10-11-25(40-2)27(31)26(24)28(37)17-4-6-18(7-5-17)29(38)34-22-15-32-16-23(22)35-30(39)19-8-9-21-20(13-19)14-33-36-21/h4-11,13-14,22-23,32H,3,12,15-16H2,1-2H3,(H,33,36)(H,34,38)(H,35,39)/t22-,23+/m0/s1/i2-1. The van der Waals surface area contributed by atoms with E-state index in [9.17, 15) is 14.4 Å². The summed E-state index contributed by atoms with van der Waals surface area (Å²) >= 11 is 0. The molecule has 1 fully saturated rings. The number of methoxy groups -OCH3 is 1. The fourth-order valence-electron chi connectivity index (χ4n) is 4.73. The van der Waals surface area contributed by atoms with Crippen molar-refractivity contribution in [2.45, 2.75) is 25.4 Å². The van der Waals surface area contributed by atoms with E-state index in [1.165, 1.54) is 43.5 Å². The van der Waals surface area contributed by atoms with Gasteiger partial charge in [0.25, 0.3) is 11.8 Å². The summed E-state index contributed by atoms with van der Waals surface area (Å²) in [4.78, 5) is 39.2. The minimum absolute atomic E-state index is 0.0676. The highest BCUT2D eigenvalue weighted by Gasteiger charge is 2.30. The van der Waals surface area contributed by atoms with Gasteiger partial charge in [0, 0.05) is 35.2 Å². The molecule has 2 heterocycles. The molecule has 0 spiro atoms. The van der Waals surface area contributed by atoms with Gasteiger partial charge in [0.2, 0.25) is 0 Å². The van der Waals surface area contributed by atoms with Crippen molar-refractivity contribution in [3.63, 3.8) is 0 Å². The van der Waals surface area contributed by atoms with Crippen LogP contribution >= 0.6 is 0 Å². The van der Waals surface area contributed by atoms with Gasteiger partial charge < -0.3 is 25.4 Å². The van der Waals surface area contributed by atoms with Gasteiger partial charge in [-0.05, 0) is 48.9 Å². The number of H-pyrrole nitrogens is 1. The molecule has 2 atom stereocenters. The molecule has 41 heavy (non-hydrogen) atoms. The Bertz CT molecular complexity index is 1590. The second-order valence-electron chi connectivity index (χ2n) is 9.70. The van der Waals surface area contributed by atoms with Crippen molar-refractivity contribution in [1.82, 2.24) is 26.1 Å². The number of carbonyl (C=O) groups excluding carboxylic acids is 3. The molecule has 0 radical (unpaired) electrons. The maximum Gasteiger partial charge on any atom is 0.251 e. The minimum atomic E-state index is -0.806. The fourth-order valence-corrected chi connectivity index (χ4v) is 4.73. The molecule has 1 saturated heterocycles. The second kappa shape index (κ2) is 12.2. The van der Waals surface area contributed by atoms with E-state index >= 15 is 4.39 Å². The Balaban J connectivity index is 1.26. The van der Waals surface area contributed by atoms with Crippen LogP contribution in [0.2, 0.25) is 0 Å². The van der Waals surface area contributed by atoms with E-state index in [0.717, 1.165) is 10.9 Å². The van der Waals surface area contributed by atoms with Gasteiger partial charge in [-0.15, -0.1) is 0 Å². The van der Waals surface area contributed by atoms with E-state index in [-0.39, 0.29) is 46.5 Å². The molecule has 1 aliphatic rings. The Morgan fingerprint density at radius 2 is 1.56 bits per heavy atom. The minimum Gasteiger partial charge on any atom is -0.494 e. The number of benzene rings is 3. The number of halogens is 1. The predicted octanol–water partition coefficient (Wildman–Crippen LogP) is 3.23. The summed E-state index contributed by atoms with van der Waals surface area (Å²) in [6.45, 7) is 3.20. The van der Waals surface area contributed by atoms with Crippen molar-refractivity contribution in [2.75, 3.05) is 26.8 Å². The number of aromatic nitrogens is 2. The molecular formula is C30H30FN5O5. The lowest BCUT2D eigenvalue weighted by molar-refractivity contribution is 0.0896. The first-order valence-electron chi connectivity index (χ1n) is 13.3. The van der Waals surface area contributed by atoms with E-state index in [1.54, 1.807) is 24.4 Å². The van der Waals surface area contributed by atoms with Crippen molar-refractivity contribution in [3.8, 4) is 11.5 Å². The molecule has 0 aliphatic carbocycles. The van der Waals surface area contributed by atoms with Crippen LogP contribution in [-0.2, 0) is 0 Å². The molecule has 1 aliphatic heterocycles. The maximum atomic E-state index is 15.1. The van der Waals surface area contributed by atoms with E-state index in [0.29, 0.717) is 37.2 Å². The lowest BCUT2D eigenvalue weighted by Crippen LogP contribution is -2.51. The summed E-state index contributed by atoms with van der Waals surface area (Å²) in [6, 6.07) is 13.4. The molecule has 212 valence electrons. The van der Waals surface area contributed by atoms with Crippen LogP contribution in [-0.4, -0.2) is 66.7 Å². The number of ketones is 1. The van der Waals surface area contributed by atoms with Crippen LogP contribution in [0.15, 0.2) is 60.8 Å². The summed E-state index contributed by atoms with van der Waals surface area (Å²) < 4.78 is 25.7. The van der Waals surface area contributed by atoms with E-state index in [1.807, 2.05) is 6.92 Å². The number of rotatable bonds is 10. The van der Waals surface area contributed by atoms with Crippen molar-refractivity contribution < 1.29 is 28.2 Å². The summed E-state index contributed by atoms with van der Waals surface area (Å²) in [5, 5.41) is 16.8. The van der Waals surface area contributed by atoms with E-state index < -0.39 is 11.6 Å². The van der Waals surface area contributed by atoms with Crippen LogP contribution in [0.25, 0.3) is 10.9 Å². The zero-order chi connectivity index (χ0) is 28.9. The van der Waals surface area contributed by atoms with Gasteiger partial charge in [0.1, 0.15) is 11.3 Å². The number of carbonyl (C=O) groups is 3. The molecular weight excluding hydrogens is 528 g/mol. The topological polar surface area (TPSA) is 134 Å². The monoisotopic (exact) mass is 558 g/mol. The Hall–Kier alpha value is -4.77. The Morgan fingerprint density at radius 1 is 0.927 bits per heavy atom. The first-order valence-corrected chi connectivity index (χ1v) is 13.3. The number of fused-ring (bicyclic) bond motifs is 1. The Labute approximate surface area is 235 Å². The molecule has 2 amide bonds. The maximum absolute atomic E-state index is 15.1. The third kappa shape index (κ3) is 5.90. The predicted molar refractivity (Wildman–Crippen MR) is 150 cm³/mol. The number of nitrogens with one attached hydrogen (secondary N) is 4. The average Bonchev–Trinajstić information content (AvgIpc) is 3.64. The Kier molecular flexibility index (Phi) is 8.25. The molecule has 0 saturated carbocycles. The molecule has 4 aromatic rings. The van der Waals surface area contributed by atoms with Gasteiger partial charge in [-0.25, -0.2) is 4.39 Å². The van der Waals surface area contributed by atoms with Crippen LogP contribution in [0.5, 0.6) is 11.5 Å². The van der Waals surface area contributed by atoms with Crippen molar-refractivity contribution in [3.05, 3.63) is 88.9 Å². The fraction of sp³-hybridized carbons (Fsp3) is 0.267. The number of hydrogen-bond acceptors (Lipinski definition) is 7. The van der Waals surface area contributed by atoms with Gasteiger partial charge in [0.15, 0.2) is 17.3 Å². The number of amides is 2. The highest BCUT2D eigenvalue weighted by atomic mass is 19.1. The van der Waals surface area contributed by atoms with Gasteiger partial charge in [-0.2, -0.15) is 5.10 Å². The van der Waals surface area contributed by atoms with E-state index in [2.05, 4.69) is 26.1 Å². The lowest BCUT2D eigenvalue weighted by atomic mass is 9.99. The number of nitrogens with zero attached hydrogens (tertiary/aromatic N) is 1. The summed E-state index contributed by atoms with van der Waals surface area (Å²) in [6.07, 6.45) is 2.34. The number of ether oxygens (including phenoxy) is 2. The normalized spacial score (nSPS) is 16.4. The van der Waals surface area contributed by atoms with Gasteiger partial charge in [-0.3, -0.25) is 19.5 Å². The number of aromatic amines is 1. The largest absolute Gasteiger partial charge is 0.494 e. The molecule has 11 heteroatoms. The quantitative estimate of drug-likeness (QED) is 0.220. The number of hydrogen-bond donors (Lipinski definition) is 4. The molecule has 3 aromatic carbocycles. The highest BCUT2D eigenvalue weighted by Crippen LogP contribution is 2.31. The third-order valence-electron chi connectivity index (χ3n) is 6.94. The average molecular weight is 559 g/mol. The van der Waals surface area contributed by atoms with Crippen LogP contribution in [0, 0.1) is 5.82 Å². The van der Waals surface area contributed by atoms with Crippen LogP contribution in [0.4, 0.5) is 4.39 Å². The van der Waals surface area contributed by atoms with Gasteiger partial charge in [-0.1, -0.05) is 19.1 Å². The first kappa shape index (κ1) is 27.8. The molecule has 0 bridgehead atoms. The molecule has 0 unspecified atom stereocenters. The van der Waals surface area contributed by atoms with Crippen molar-refractivity contribution in [1.29, 1.82) is 0 Å². The zero-order valence-electron chi connectivity index (χ0n) is 22.6. The van der Waals surface area contributed by atoms with Crippen molar-refractivity contribution >= 4 is 28.5 Å². The molecule has 4 N–H and O–H groups in total. The third-order valence-corrected chi connectivity index (χ3v) is 6.94. The summed E-state index contributed by atoms with van der Waals surface area (Å²) in [5.74, 6) is -1.95. The van der Waals surface area contributed by atoms with Crippen LogP contribution in [0.1, 0.15) is 50.0 Å². The second-order valence-corrected chi connectivity index (χ2v) is 9.70. The summed E-state index contributed by atoms with van der Waals surface area (Å²) in [7, 11) is 1.32. The molecule has 1 aromatic heterocycles. The first-order chi connectivity index (χ1) is 19.9. The molecule has 5 rings (SSSR count). The zero-order valence-corrected chi connectivity index (χ0v) is 22.6. The van der Waals surface area contributed by atoms with Crippen molar-refractivity contribution in [2.24, 2.45) is 0 Å². The summed E-state index contributed by atoms with van der Waals surface area (Å²) in [5.41, 5.74) is 1.61. The molecule has 10 nitrogen and oxygen atoms in total. The van der Waals surface area contributed by atoms with E-state index in [4.69, 9.17) is 9.47 Å². The van der Waals surface area contributed by atoms with Gasteiger partial charge in [0.05, 0.1) is 37.5 Å². The van der Waals surface area contributed by atoms with Crippen LogP contribution in [0.3, 0.4) is 0 Å². The van der Waals surface area contributed by atoms with Gasteiger partial charge >= 0.3 is 0 Å². The lowest BCUT2D eigenvalue weighted by Gasteiger charge is -2.21. The highest BCUT2D eigenvalue weighted by molar-refractivity contribution is 6.11. The SMILES string of the molecule is CCCOc1ccc(O[11CH3])c(F)c1C(=O)c1ccc(C(=O)N[C@H]2CNC[C@H]2NC(=O)c2ccc3[nH]ncc3c2)cc1. The van der Waals surface area contributed by atoms with Crippen LogP contribution < -0.4 is 25.4 Å². The Morgan fingerprint density at radius 3 is 2.24 bits per heavy atom. The smallest absolute Gasteiger partial charge is 0.251 e.